The summed E-state index contributed by atoms with van der Waals surface area (Å²) in [5, 5.41) is 5.35. The van der Waals surface area contributed by atoms with Crippen LogP contribution in [-0.2, 0) is 14.3 Å². The molecular weight excluding hydrogens is 494 g/mol. The number of carbonyl (C=O) groups excluding carboxylic acids is 3. The Bertz CT molecular complexity index is 738. The van der Waals surface area contributed by atoms with Crippen molar-refractivity contribution in [1.82, 2.24) is 25.3 Å². The molecule has 0 aromatic heterocycles. The summed E-state index contributed by atoms with van der Waals surface area (Å²) in [7, 11) is 1.28. The van der Waals surface area contributed by atoms with Crippen LogP contribution in [0.5, 0.6) is 0 Å². The van der Waals surface area contributed by atoms with Crippen LogP contribution in [0.1, 0.15) is 83.1 Å². The Hall–Kier alpha value is -1.87. The Labute approximate surface area is 239 Å². The highest BCUT2D eigenvalue weighted by molar-refractivity contribution is 5.85. The van der Waals surface area contributed by atoms with Crippen molar-refractivity contribution in [2.24, 2.45) is 22.2 Å². The maximum Gasteiger partial charge on any atom is 0.407 e. The second-order valence-corrected chi connectivity index (χ2v) is 14.8. The average molecular weight is 556 g/mol. The van der Waals surface area contributed by atoms with Gasteiger partial charge >= 0.3 is 6.09 Å². The molecule has 0 saturated carbocycles. The first-order valence-electron chi connectivity index (χ1n) is 14.5. The van der Waals surface area contributed by atoms with E-state index in [-0.39, 0.29) is 23.1 Å². The number of hydrogen-bond donors (Lipinski definition) is 2. The summed E-state index contributed by atoms with van der Waals surface area (Å²) in [6.07, 6.45) is -0.588. The number of piperazine rings is 1. The molecule has 2 N–H and O–H groups in total. The van der Waals surface area contributed by atoms with Gasteiger partial charge in [0.05, 0.1) is 7.11 Å². The topological polar surface area (TPSA) is 94.0 Å². The first-order chi connectivity index (χ1) is 17.6. The quantitative estimate of drug-likeness (QED) is 0.480. The van der Waals surface area contributed by atoms with Crippen molar-refractivity contribution in [3.05, 3.63) is 0 Å². The molecule has 0 aromatic rings. The minimum absolute atomic E-state index is 0.00840. The number of carbonyl (C=O) groups is 3. The van der Waals surface area contributed by atoms with E-state index in [0.29, 0.717) is 17.4 Å². The van der Waals surface area contributed by atoms with Gasteiger partial charge in [0.25, 0.3) is 0 Å². The molecule has 2 aliphatic heterocycles. The molecule has 1 atom stereocenters. The SMILES string of the molecule is CC(=O)N1CCN(CC(C)(C)C)CC1.CC(C)(C)CN1CC1.COC(=O)N[C@H](C(=O)NCC(C)(C)C)C(C)C. The van der Waals surface area contributed by atoms with Crippen LogP contribution in [-0.4, -0.2) is 105 Å². The van der Waals surface area contributed by atoms with Crippen LogP contribution in [0.2, 0.25) is 0 Å². The molecule has 2 heterocycles. The lowest BCUT2D eigenvalue weighted by atomic mass is 9.96. The van der Waals surface area contributed by atoms with Crippen molar-refractivity contribution in [2.45, 2.75) is 89.1 Å². The number of methoxy groups -OCH3 is 1. The fourth-order valence-electron chi connectivity index (χ4n) is 3.97. The van der Waals surface area contributed by atoms with E-state index in [4.69, 9.17) is 0 Å². The number of nitrogens with one attached hydrogen (secondary N) is 2. The second-order valence-electron chi connectivity index (χ2n) is 14.8. The van der Waals surface area contributed by atoms with Crippen molar-refractivity contribution in [3.8, 4) is 0 Å². The van der Waals surface area contributed by atoms with Gasteiger partial charge in [0.15, 0.2) is 0 Å². The number of amides is 3. The van der Waals surface area contributed by atoms with Crippen molar-refractivity contribution >= 4 is 17.9 Å². The Morgan fingerprint density at radius 3 is 1.44 bits per heavy atom. The normalized spacial score (nSPS) is 17.2. The predicted molar refractivity (Wildman–Crippen MR) is 161 cm³/mol. The van der Waals surface area contributed by atoms with Gasteiger partial charge in [-0.1, -0.05) is 76.2 Å². The van der Waals surface area contributed by atoms with Crippen LogP contribution in [0.25, 0.3) is 0 Å². The largest absolute Gasteiger partial charge is 0.453 e. The van der Waals surface area contributed by atoms with Gasteiger partial charge in [-0.05, 0) is 22.2 Å². The van der Waals surface area contributed by atoms with Crippen LogP contribution < -0.4 is 10.6 Å². The van der Waals surface area contributed by atoms with Gasteiger partial charge < -0.3 is 25.2 Å². The van der Waals surface area contributed by atoms with E-state index < -0.39 is 12.1 Å². The first kappa shape index (κ1) is 37.1. The molecule has 2 rings (SSSR count). The molecule has 9 heteroatoms. The fraction of sp³-hybridized carbons (Fsp3) is 0.900. The van der Waals surface area contributed by atoms with Crippen molar-refractivity contribution < 1.29 is 19.1 Å². The van der Waals surface area contributed by atoms with Gasteiger partial charge in [-0.2, -0.15) is 0 Å². The molecule has 2 saturated heterocycles. The zero-order valence-corrected chi connectivity index (χ0v) is 27.5. The molecule has 2 fully saturated rings. The van der Waals surface area contributed by atoms with E-state index >= 15 is 0 Å². The van der Waals surface area contributed by atoms with E-state index in [1.165, 1.54) is 26.7 Å². The van der Waals surface area contributed by atoms with E-state index in [9.17, 15) is 14.4 Å². The molecule has 3 amide bonds. The number of rotatable bonds is 6. The van der Waals surface area contributed by atoms with Gasteiger partial charge in [0, 0.05) is 65.8 Å². The highest BCUT2D eigenvalue weighted by Crippen LogP contribution is 2.19. The molecule has 0 unspecified atom stereocenters. The lowest BCUT2D eigenvalue weighted by molar-refractivity contribution is -0.130. The van der Waals surface area contributed by atoms with Crippen LogP contribution >= 0.6 is 0 Å². The summed E-state index contributed by atoms with van der Waals surface area (Å²) in [4.78, 5) is 41.0. The highest BCUT2D eigenvalue weighted by atomic mass is 16.5. The first-order valence-corrected chi connectivity index (χ1v) is 14.5. The number of hydrogen-bond acceptors (Lipinski definition) is 6. The molecule has 230 valence electrons. The van der Waals surface area contributed by atoms with Crippen LogP contribution in [0.3, 0.4) is 0 Å². The smallest absolute Gasteiger partial charge is 0.407 e. The zero-order valence-electron chi connectivity index (χ0n) is 27.5. The Kier molecular flexibility index (Phi) is 15.6. The average Bonchev–Trinajstić information content (AvgIpc) is 3.57. The molecule has 9 nitrogen and oxygen atoms in total. The number of alkyl carbamates (subject to hydrolysis) is 1. The summed E-state index contributed by atoms with van der Waals surface area (Å²) in [5.41, 5.74) is 0.886. The molecule has 0 bridgehead atoms. The summed E-state index contributed by atoms with van der Waals surface area (Å²) in [6.45, 7) is 34.6. The van der Waals surface area contributed by atoms with Gasteiger partial charge in [0.2, 0.25) is 11.8 Å². The molecule has 0 spiro atoms. The van der Waals surface area contributed by atoms with Crippen molar-refractivity contribution in [1.29, 1.82) is 0 Å². The van der Waals surface area contributed by atoms with E-state index in [2.05, 4.69) is 66.7 Å². The van der Waals surface area contributed by atoms with Crippen molar-refractivity contribution in [2.75, 3.05) is 66.0 Å². The minimum atomic E-state index is -0.588. The van der Waals surface area contributed by atoms with E-state index in [1.807, 2.05) is 39.5 Å². The minimum Gasteiger partial charge on any atom is -0.453 e. The predicted octanol–water partition coefficient (Wildman–Crippen LogP) is 4.07. The lowest BCUT2D eigenvalue weighted by Crippen LogP contribution is -2.51. The monoisotopic (exact) mass is 555 g/mol. The molecule has 0 aromatic carbocycles. The lowest BCUT2D eigenvalue weighted by Gasteiger charge is -2.37. The van der Waals surface area contributed by atoms with Crippen LogP contribution in [0, 0.1) is 22.2 Å². The number of nitrogens with zero attached hydrogens (tertiary/aromatic N) is 3. The van der Waals surface area contributed by atoms with Crippen LogP contribution in [0.4, 0.5) is 4.79 Å². The molecule has 39 heavy (non-hydrogen) atoms. The maximum atomic E-state index is 11.9. The van der Waals surface area contributed by atoms with E-state index in [1.54, 1.807) is 6.92 Å². The Balaban J connectivity index is 0.000000587. The van der Waals surface area contributed by atoms with Gasteiger partial charge in [-0.25, -0.2) is 4.79 Å². The molecule has 0 radical (unpaired) electrons. The third-order valence-corrected chi connectivity index (χ3v) is 5.95. The molecular formula is C30H61N5O4. The number of ether oxygens (including phenoxy) is 1. The summed E-state index contributed by atoms with van der Waals surface area (Å²) in [5.74, 6) is 0.0369. The van der Waals surface area contributed by atoms with Crippen molar-refractivity contribution in [3.63, 3.8) is 0 Å². The van der Waals surface area contributed by atoms with Gasteiger partial charge in [0.1, 0.15) is 6.04 Å². The Morgan fingerprint density at radius 1 is 0.744 bits per heavy atom. The molecule has 0 aliphatic carbocycles. The standard InChI is InChI=1S/C12H24N2O3.C11H22N2O.C7H15N/c1-8(2)9(14-11(16)17-6)10(15)13-7-12(3,4)5;1-10(14)13-7-5-12(6-8-13)9-11(2,3)4;1-7(2,3)6-8-4-5-8/h8-9H,7H2,1-6H3,(H,13,15)(H,14,16);5-9H2,1-4H3;4-6H2,1-3H3/t9-;;/m0../s1. The Morgan fingerprint density at radius 2 is 1.15 bits per heavy atom. The third-order valence-electron chi connectivity index (χ3n) is 5.95. The fourth-order valence-corrected chi connectivity index (χ4v) is 3.97. The maximum absolute atomic E-state index is 11.9. The zero-order chi connectivity index (χ0) is 30.6. The summed E-state index contributed by atoms with van der Waals surface area (Å²) >= 11 is 0. The summed E-state index contributed by atoms with van der Waals surface area (Å²) in [6, 6.07) is -0.565. The van der Waals surface area contributed by atoms with E-state index in [0.717, 1.165) is 32.7 Å². The van der Waals surface area contributed by atoms with Gasteiger partial charge in [-0.15, -0.1) is 0 Å². The molecule has 2 aliphatic rings. The van der Waals surface area contributed by atoms with Crippen LogP contribution in [0.15, 0.2) is 0 Å². The summed E-state index contributed by atoms with van der Waals surface area (Å²) < 4.78 is 4.50. The highest BCUT2D eigenvalue weighted by Gasteiger charge is 2.26. The third kappa shape index (κ3) is 20.7. The van der Waals surface area contributed by atoms with Gasteiger partial charge in [-0.3, -0.25) is 14.5 Å². The second kappa shape index (κ2) is 16.4.